The van der Waals surface area contributed by atoms with Gasteiger partial charge in [0.15, 0.2) is 0 Å². The Kier molecular flexibility index (Phi) is 12.1. The van der Waals surface area contributed by atoms with Gasteiger partial charge >= 0.3 is 0 Å². The summed E-state index contributed by atoms with van der Waals surface area (Å²) in [6, 6.07) is 29.5. The van der Waals surface area contributed by atoms with Crippen LogP contribution in [0.25, 0.3) is 23.3 Å². The largest absolute Gasteiger partial charge is 0.192 e. The Labute approximate surface area is 230 Å². The van der Waals surface area contributed by atoms with Gasteiger partial charge in [-0.15, -0.1) is 0 Å². The molecule has 38 heavy (non-hydrogen) atoms. The molecule has 0 aromatic heterocycles. The topological polar surface area (TPSA) is 47.6 Å². The van der Waals surface area contributed by atoms with Crippen LogP contribution in [0, 0.1) is 22.7 Å². The van der Waals surface area contributed by atoms with Crippen molar-refractivity contribution in [3.63, 3.8) is 0 Å². The molecule has 0 N–H and O–H groups in total. The van der Waals surface area contributed by atoms with Gasteiger partial charge in [-0.25, -0.2) is 0 Å². The maximum atomic E-state index is 9.77. The molecule has 0 spiro atoms. The number of nitriles is 2. The number of rotatable bonds is 14. The van der Waals surface area contributed by atoms with Crippen LogP contribution in [-0.2, 0) is 12.8 Å². The molecule has 3 rings (SSSR count). The molecule has 0 saturated carbocycles. The minimum atomic E-state index is 0.651. The summed E-state index contributed by atoms with van der Waals surface area (Å²) < 4.78 is 0. The highest BCUT2D eigenvalue weighted by molar-refractivity contribution is 5.91. The first-order valence-corrected chi connectivity index (χ1v) is 14.2. The van der Waals surface area contributed by atoms with Gasteiger partial charge in [0, 0.05) is 0 Å². The molecule has 0 heterocycles. The van der Waals surface area contributed by atoms with E-state index in [9.17, 15) is 10.5 Å². The predicted octanol–water partition coefficient (Wildman–Crippen LogP) is 10.1. The van der Waals surface area contributed by atoms with Crippen LogP contribution in [0.3, 0.4) is 0 Å². The Morgan fingerprint density at radius 3 is 1.21 bits per heavy atom. The number of allylic oxidation sites excluding steroid dienone is 2. The van der Waals surface area contributed by atoms with Crippen LogP contribution < -0.4 is 0 Å². The monoisotopic (exact) mass is 500 g/mol. The van der Waals surface area contributed by atoms with E-state index >= 15 is 0 Å². The lowest BCUT2D eigenvalue weighted by atomic mass is 9.98. The summed E-state index contributed by atoms with van der Waals surface area (Å²) in [6.07, 6.45) is 16.1. The molecular weight excluding hydrogens is 460 g/mol. The molecule has 0 unspecified atom stereocenters. The van der Waals surface area contributed by atoms with Gasteiger partial charge in [-0.1, -0.05) is 125 Å². The van der Waals surface area contributed by atoms with Crippen LogP contribution in [0.2, 0.25) is 0 Å². The first-order chi connectivity index (χ1) is 18.7. The summed E-state index contributed by atoms with van der Waals surface area (Å²) in [5.41, 5.74) is 7.77. The van der Waals surface area contributed by atoms with Crippen molar-refractivity contribution in [1.82, 2.24) is 0 Å². The molecule has 0 aliphatic rings. The number of hydrogen-bond donors (Lipinski definition) is 0. The van der Waals surface area contributed by atoms with Crippen LogP contribution in [-0.4, -0.2) is 0 Å². The average Bonchev–Trinajstić information content (AvgIpc) is 2.96. The lowest BCUT2D eigenvalue weighted by molar-refractivity contribution is 0.667. The molecule has 0 radical (unpaired) electrons. The van der Waals surface area contributed by atoms with Crippen molar-refractivity contribution >= 4 is 23.3 Å². The van der Waals surface area contributed by atoms with Crippen LogP contribution in [0.15, 0.2) is 72.8 Å². The third-order valence-corrected chi connectivity index (χ3v) is 6.97. The fourth-order valence-corrected chi connectivity index (χ4v) is 4.60. The van der Waals surface area contributed by atoms with Gasteiger partial charge in [0.25, 0.3) is 0 Å². The Bertz CT molecular complexity index is 1160. The lowest BCUT2D eigenvalue weighted by Gasteiger charge is -2.05. The standard InChI is InChI=1S/C36H40N2/c1-3-5-7-9-11-29-17-21-33(22-18-29)35(27-37)25-31-13-15-32(16-14-31)26-36(28-38)34-23-19-30(20-24-34)12-10-8-6-4-2/h13-26H,3-12H2,1-2H3/b35-25+,36-26+. The van der Waals surface area contributed by atoms with E-state index in [1.54, 1.807) is 0 Å². The van der Waals surface area contributed by atoms with Crippen molar-refractivity contribution < 1.29 is 0 Å². The molecule has 2 heteroatoms. The lowest BCUT2D eigenvalue weighted by Crippen LogP contribution is -1.88. The summed E-state index contributed by atoms with van der Waals surface area (Å²) in [6.45, 7) is 4.46. The van der Waals surface area contributed by atoms with Gasteiger partial charge in [-0.05, 0) is 71.2 Å². The summed E-state index contributed by atoms with van der Waals surface area (Å²) >= 11 is 0. The molecule has 2 nitrogen and oxygen atoms in total. The van der Waals surface area contributed by atoms with E-state index in [1.165, 1.54) is 62.5 Å². The predicted molar refractivity (Wildman–Crippen MR) is 162 cm³/mol. The van der Waals surface area contributed by atoms with Crippen molar-refractivity contribution in [1.29, 1.82) is 10.5 Å². The fraction of sp³-hybridized carbons (Fsp3) is 0.333. The SMILES string of the molecule is CCCCCCc1ccc(/C(C#N)=C/c2ccc(/C=C(\C#N)c3ccc(CCCCCC)cc3)cc2)cc1. The Morgan fingerprint density at radius 1 is 0.526 bits per heavy atom. The Hall–Kier alpha value is -3.88. The van der Waals surface area contributed by atoms with Gasteiger partial charge < -0.3 is 0 Å². The van der Waals surface area contributed by atoms with E-state index in [4.69, 9.17) is 0 Å². The fourth-order valence-electron chi connectivity index (χ4n) is 4.60. The second-order valence-corrected chi connectivity index (χ2v) is 10.0. The number of nitrogens with zero attached hydrogens (tertiary/aromatic N) is 2. The normalized spacial score (nSPS) is 11.7. The average molecular weight is 501 g/mol. The van der Waals surface area contributed by atoms with E-state index in [0.29, 0.717) is 11.1 Å². The van der Waals surface area contributed by atoms with Gasteiger partial charge in [0.2, 0.25) is 0 Å². The zero-order valence-electron chi connectivity index (χ0n) is 23.0. The van der Waals surface area contributed by atoms with Crippen LogP contribution in [0.1, 0.15) is 98.6 Å². The van der Waals surface area contributed by atoms with Crippen molar-refractivity contribution in [3.8, 4) is 12.1 Å². The van der Waals surface area contributed by atoms with Crippen LogP contribution in [0.5, 0.6) is 0 Å². The molecule has 3 aromatic rings. The molecule has 0 saturated heterocycles. The number of unbranched alkanes of at least 4 members (excludes halogenated alkanes) is 6. The molecule has 0 atom stereocenters. The van der Waals surface area contributed by atoms with Crippen molar-refractivity contribution in [2.45, 2.75) is 78.1 Å². The first kappa shape index (κ1) is 28.7. The minimum Gasteiger partial charge on any atom is -0.192 e. The summed E-state index contributed by atoms with van der Waals surface area (Å²) in [7, 11) is 0. The van der Waals surface area contributed by atoms with Gasteiger partial charge in [0.05, 0.1) is 23.3 Å². The zero-order valence-corrected chi connectivity index (χ0v) is 23.0. The van der Waals surface area contributed by atoms with E-state index in [1.807, 2.05) is 36.4 Å². The highest BCUT2D eigenvalue weighted by Gasteiger charge is 2.04. The smallest absolute Gasteiger partial charge is 0.0998 e. The van der Waals surface area contributed by atoms with Gasteiger partial charge in [-0.2, -0.15) is 10.5 Å². The Morgan fingerprint density at radius 2 is 0.895 bits per heavy atom. The van der Waals surface area contributed by atoms with Crippen LogP contribution >= 0.6 is 0 Å². The maximum Gasteiger partial charge on any atom is 0.0998 e. The molecule has 0 amide bonds. The Balaban J connectivity index is 1.66. The summed E-state index contributed by atoms with van der Waals surface area (Å²) in [4.78, 5) is 0. The molecule has 3 aromatic carbocycles. The summed E-state index contributed by atoms with van der Waals surface area (Å²) in [5, 5.41) is 19.5. The molecular formula is C36H40N2. The highest BCUT2D eigenvalue weighted by Crippen LogP contribution is 2.22. The van der Waals surface area contributed by atoms with Gasteiger partial charge in [0.1, 0.15) is 0 Å². The van der Waals surface area contributed by atoms with E-state index in [-0.39, 0.29) is 0 Å². The van der Waals surface area contributed by atoms with Crippen molar-refractivity contribution in [3.05, 3.63) is 106 Å². The second-order valence-electron chi connectivity index (χ2n) is 10.0. The van der Waals surface area contributed by atoms with Crippen molar-refractivity contribution in [2.24, 2.45) is 0 Å². The third kappa shape index (κ3) is 9.21. The molecule has 194 valence electrons. The quantitative estimate of drug-likeness (QED) is 0.126. The highest BCUT2D eigenvalue weighted by atomic mass is 14.3. The van der Waals surface area contributed by atoms with E-state index in [0.717, 1.165) is 35.1 Å². The number of hydrogen-bond acceptors (Lipinski definition) is 2. The van der Waals surface area contributed by atoms with Crippen LogP contribution in [0.4, 0.5) is 0 Å². The molecule has 0 aliphatic carbocycles. The minimum absolute atomic E-state index is 0.651. The molecule has 0 fully saturated rings. The number of aryl methyl sites for hydroxylation is 2. The van der Waals surface area contributed by atoms with E-state index < -0.39 is 0 Å². The molecule has 0 bridgehead atoms. The van der Waals surface area contributed by atoms with Crippen molar-refractivity contribution in [2.75, 3.05) is 0 Å². The van der Waals surface area contributed by atoms with E-state index in [2.05, 4.69) is 74.5 Å². The first-order valence-electron chi connectivity index (χ1n) is 14.2. The third-order valence-electron chi connectivity index (χ3n) is 6.97. The number of benzene rings is 3. The van der Waals surface area contributed by atoms with Gasteiger partial charge in [-0.3, -0.25) is 0 Å². The second kappa shape index (κ2) is 16.1. The summed E-state index contributed by atoms with van der Waals surface area (Å²) in [5.74, 6) is 0. The zero-order chi connectivity index (χ0) is 27.0. The maximum absolute atomic E-state index is 9.77. The molecule has 0 aliphatic heterocycles.